The molecule has 1 aliphatic heterocycles. The summed E-state index contributed by atoms with van der Waals surface area (Å²) in [6, 6.07) is 11.7. The van der Waals surface area contributed by atoms with Crippen LogP contribution in [0.25, 0.3) is 21.8 Å². The fourth-order valence-corrected chi connectivity index (χ4v) is 5.73. The van der Waals surface area contributed by atoms with Crippen LogP contribution < -0.4 is 4.74 Å². The lowest BCUT2D eigenvalue weighted by Crippen LogP contribution is -2.32. The number of aromatic nitrogens is 4. The number of aliphatic hydroxyl groups is 1. The molecule has 1 atom stereocenters. The standard InChI is InChI=1S/C28H26N4O4/c1-15-23(19-12-17(14-33)6-8-21(19)31(15)3)28(26-25(27(34)36-28)29-10-11-30-26)24-16(2)32(4)22-9-7-18(35-5)13-20(22)24/h6-13,33H,14H2,1-5H3. The van der Waals surface area contributed by atoms with E-state index >= 15 is 0 Å². The van der Waals surface area contributed by atoms with Crippen molar-refractivity contribution in [3.8, 4) is 5.75 Å². The van der Waals surface area contributed by atoms with Crippen molar-refractivity contribution in [1.29, 1.82) is 0 Å². The summed E-state index contributed by atoms with van der Waals surface area (Å²) in [7, 11) is 5.62. The van der Waals surface area contributed by atoms with Gasteiger partial charge in [0.05, 0.1) is 13.7 Å². The summed E-state index contributed by atoms with van der Waals surface area (Å²) in [5, 5.41) is 11.7. The zero-order chi connectivity index (χ0) is 25.4. The highest BCUT2D eigenvalue weighted by molar-refractivity contribution is 5.99. The topological polar surface area (TPSA) is 91.4 Å². The molecule has 0 amide bonds. The van der Waals surface area contributed by atoms with Crippen LogP contribution in [-0.2, 0) is 31.0 Å². The van der Waals surface area contributed by atoms with Crippen LogP contribution in [0.4, 0.5) is 0 Å². The number of hydrogen-bond donors (Lipinski definition) is 1. The van der Waals surface area contributed by atoms with Crippen molar-refractivity contribution >= 4 is 27.8 Å². The second-order valence-electron chi connectivity index (χ2n) is 9.26. The summed E-state index contributed by atoms with van der Waals surface area (Å²) >= 11 is 0. The number of fused-ring (bicyclic) bond motifs is 3. The molecule has 0 saturated carbocycles. The van der Waals surface area contributed by atoms with Crippen molar-refractivity contribution in [2.24, 2.45) is 14.1 Å². The number of aryl methyl sites for hydroxylation is 2. The third-order valence-corrected chi connectivity index (χ3v) is 7.61. The Hall–Kier alpha value is -4.17. The molecule has 6 rings (SSSR count). The lowest BCUT2D eigenvalue weighted by atomic mass is 9.80. The predicted molar refractivity (Wildman–Crippen MR) is 135 cm³/mol. The van der Waals surface area contributed by atoms with Crippen LogP contribution in [0.1, 0.15) is 44.3 Å². The maximum Gasteiger partial charge on any atom is 0.360 e. The minimum absolute atomic E-state index is 0.100. The molecule has 0 bridgehead atoms. The quantitative estimate of drug-likeness (QED) is 0.389. The monoisotopic (exact) mass is 482 g/mol. The number of nitrogens with zero attached hydrogens (tertiary/aromatic N) is 4. The van der Waals surface area contributed by atoms with Crippen LogP contribution in [0.3, 0.4) is 0 Å². The van der Waals surface area contributed by atoms with E-state index in [9.17, 15) is 9.90 Å². The van der Waals surface area contributed by atoms with Crippen molar-refractivity contribution in [2.45, 2.75) is 26.1 Å². The Morgan fingerprint density at radius 2 is 1.56 bits per heavy atom. The smallest absolute Gasteiger partial charge is 0.360 e. The lowest BCUT2D eigenvalue weighted by Gasteiger charge is -2.30. The first-order valence-corrected chi connectivity index (χ1v) is 11.7. The van der Waals surface area contributed by atoms with Crippen LogP contribution in [0.15, 0.2) is 48.8 Å². The maximum atomic E-state index is 13.4. The van der Waals surface area contributed by atoms with Gasteiger partial charge in [0, 0.05) is 70.8 Å². The highest BCUT2D eigenvalue weighted by Gasteiger charge is 2.55. The summed E-state index contributed by atoms with van der Waals surface area (Å²) in [5.74, 6) is 0.178. The molecule has 8 heteroatoms. The largest absolute Gasteiger partial charge is 0.497 e. The third kappa shape index (κ3) is 2.70. The Morgan fingerprint density at radius 1 is 0.944 bits per heavy atom. The van der Waals surface area contributed by atoms with Gasteiger partial charge in [0.2, 0.25) is 5.60 Å². The number of methoxy groups -OCH3 is 1. The summed E-state index contributed by atoms with van der Waals surface area (Å²) in [5.41, 5.74) is 5.49. The number of carbonyl (C=O) groups is 1. The summed E-state index contributed by atoms with van der Waals surface area (Å²) < 4.78 is 16.2. The number of esters is 1. The van der Waals surface area contributed by atoms with Gasteiger partial charge in [-0.05, 0) is 49.7 Å². The lowest BCUT2D eigenvalue weighted by molar-refractivity contribution is 0.0245. The summed E-state index contributed by atoms with van der Waals surface area (Å²) in [4.78, 5) is 22.5. The Labute approximate surface area is 207 Å². The van der Waals surface area contributed by atoms with E-state index in [2.05, 4.69) is 14.1 Å². The van der Waals surface area contributed by atoms with Gasteiger partial charge < -0.3 is 23.7 Å². The van der Waals surface area contributed by atoms with E-state index in [-0.39, 0.29) is 12.3 Å². The summed E-state index contributed by atoms with van der Waals surface area (Å²) in [6.45, 7) is 3.93. The molecule has 0 saturated heterocycles. The average Bonchev–Trinajstić information content (AvgIpc) is 3.43. The van der Waals surface area contributed by atoms with Crippen LogP contribution in [0.5, 0.6) is 5.75 Å². The third-order valence-electron chi connectivity index (χ3n) is 7.61. The zero-order valence-corrected chi connectivity index (χ0v) is 20.8. The molecule has 8 nitrogen and oxygen atoms in total. The Kier molecular flexibility index (Phi) is 4.75. The second kappa shape index (κ2) is 7.66. The number of carbonyl (C=O) groups excluding carboxylic acids is 1. The van der Waals surface area contributed by atoms with Gasteiger partial charge in [-0.3, -0.25) is 4.98 Å². The molecule has 0 aliphatic carbocycles. The molecule has 0 fully saturated rings. The van der Waals surface area contributed by atoms with Crippen LogP contribution in [0, 0.1) is 13.8 Å². The average molecular weight is 483 g/mol. The first kappa shape index (κ1) is 22.3. The van der Waals surface area contributed by atoms with E-state index in [1.165, 1.54) is 6.20 Å². The van der Waals surface area contributed by atoms with Crippen molar-refractivity contribution in [3.63, 3.8) is 0 Å². The molecule has 1 aliphatic rings. The molecule has 1 unspecified atom stereocenters. The van der Waals surface area contributed by atoms with Gasteiger partial charge >= 0.3 is 5.97 Å². The van der Waals surface area contributed by atoms with Gasteiger partial charge in [-0.25, -0.2) is 9.78 Å². The molecular weight excluding hydrogens is 456 g/mol. The number of rotatable bonds is 4. The molecular formula is C28H26N4O4. The van der Waals surface area contributed by atoms with E-state index in [0.717, 1.165) is 49.9 Å². The molecule has 0 radical (unpaired) electrons. The van der Waals surface area contributed by atoms with Crippen molar-refractivity contribution < 1.29 is 19.4 Å². The van der Waals surface area contributed by atoms with Gasteiger partial charge in [0.1, 0.15) is 11.4 Å². The van der Waals surface area contributed by atoms with Crippen LogP contribution >= 0.6 is 0 Å². The van der Waals surface area contributed by atoms with Gasteiger partial charge in [0.25, 0.3) is 0 Å². The number of cyclic esters (lactones) is 1. The highest BCUT2D eigenvalue weighted by atomic mass is 16.6. The Balaban J connectivity index is 1.85. The SMILES string of the molecule is COc1ccc2c(c1)c(C1(c3c(C)n(C)c4ccc(CO)cc34)OC(=O)c3nccnc31)c(C)n2C. The maximum absolute atomic E-state index is 13.4. The van der Waals surface area contributed by atoms with Crippen LogP contribution in [0.2, 0.25) is 0 Å². The molecule has 4 heterocycles. The number of benzene rings is 2. The molecule has 3 aromatic heterocycles. The molecule has 2 aromatic carbocycles. The summed E-state index contributed by atoms with van der Waals surface area (Å²) in [6.07, 6.45) is 3.10. The Bertz CT molecular complexity index is 1620. The first-order chi connectivity index (χ1) is 17.3. The highest BCUT2D eigenvalue weighted by Crippen LogP contribution is 2.53. The normalized spacial score (nSPS) is 17.1. The van der Waals surface area contributed by atoms with E-state index in [0.29, 0.717) is 11.4 Å². The fraction of sp³-hybridized carbons (Fsp3) is 0.250. The second-order valence-corrected chi connectivity index (χ2v) is 9.26. The van der Waals surface area contributed by atoms with Gasteiger partial charge in [-0.2, -0.15) is 0 Å². The van der Waals surface area contributed by atoms with E-state index < -0.39 is 11.6 Å². The number of ether oxygens (including phenoxy) is 2. The molecule has 36 heavy (non-hydrogen) atoms. The fourth-order valence-electron chi connectivity index (χ4n) is 5.73. The van der Waals surface area contributed by atoms with E-state index in [1.54, 1.807) is 13.3 Å². The van der Waals surface area contributed by atoms with Gasteiger partial charge in [0.15, 0.2) is 5.69 Å². The minimum Gasteiger partial charge on any atom is -0.497 e. The Morgan fingerprint density at radius 3 is 2.19 bits per heavy atom. The van der Waals surface area contributed by atoms with Crippen LogP contribution in [-0.4, -0.2) is 37.3 Å². The number of aliphatic hydroxyl groups excluding tert-OH is 1. The van der Waals surface area contributed by atoms with Gasteiger partial charge in [-0.1, -0.05) is 6.07 Å². The van der Waals surface area contributed by atoms with Crippen molar-refractivity contribution in [2.75, 3.05) is 7.11 Å². The predicted octanol–water partition coefficient (Wildman–Crippen LogP) is 4.04. The van der Waals surface area contributed by atoms with Crippen molar-refractivity contribution in [1.82, 2.24) is 19.1 Å². The molecule has 5 aromatic rings. The van der Waals surface area contributed by atoms with E-state index in [4.69, 9.17) is 14.5 Å². The zero-order valence-electron chi connectivity index (χ0n) is 20.8. The first-order valence-electron chi connectivity index (χ1n) is 11.7. The van der Waals surface area contributed by atoms with E-state index in [1.807, 2.05) is 64.3 Å². The minimum atomic E-state index is -1.35. The van der Waals surface area contributed by atoms with Gasteiger partial charge in [-0.15, -0.1) is 0 Å². The van der Waals surface area contributed by atoms with Crippen molar-refractivity contribution in [3.05, 3.63) is 88.3 Å². The molecule has 182 valence electrons. The number of hydrogen-bond acceptors (Lipinski definition) is 6. The molecule has 0 spiro atoms. The molecule has 1 N–H and O–H groups in total.